The van der Waals surface area contributed by atoms with Gasteiger partial charge in [0.1, 0.15) is 0 Å². The van der Waals surface area contributed by atoms with Gasteiger partial charge in [0.2, 0.25) is 0 Å². The molecule has 0 saturated heterocycles. The number of nitrogens with one attached hydrogen (secondary N) is 1. The Kier molecular flexibility index (Phi) is 7.21. The fourth-order valence-electron chi connectivity index (χ4n) is 1.34. The fourth-order valence-corrected chi connectivity index (χ4v) is 1.47. The molecular weight excluding hydrogens is 236 g/mol. The normalized spacial score (nSPS) is 11.1. The molecule has 4 heteroatoms. The summed E-state index contributed by atoms with van der Waals surface area (Å²) in [7, 11) is 4.14. The van der Waals surface area contributed by atoms with E-state index in [1.54, 1.807) is 0 Å². The molecule has 1 N–H and O–H groups in total. The molecule has 0 bridgehead atoms. The van der Waals surface area contributed by atoms with Crippen molar-refractivity contribution in [2.75, 3.05) is 40.3 Å². The van der Waals surface area contributed by atoms with Gasteiger partial charge in [-0.1, -0.05) is 23.7 Å². The summed E-state index contributed by atoms with van der Waals surface area (Å²) < 4.78 is 5.55. The number of hydrogen-bond acceptors (Lipinski definition) is 3. The third-order valence-corrected chi connectivity index (χ3v) is 2.59. The molecule has 0 aliphatic heterocycles. The zero-order valence-corrected chi connectivity index (χ0v) is 11.3. The molecule has 0 unspecified atom stereocenters. The van der Waals surface area contributed by atoms with E-state index in [0.29, 0.717) is 6.61 Å². The van der Waals surface area contributed by atoms with E-state index in [1.807, 2.05) is 24.3 Å². The lowest BCUT2D eigenvalue weighted by molar-refractivity contribution is 0.122. The first-order valence-electron chi connectivity index (χ1n) is 5.86. The Morgan fingerprint density at radius 3 is 2.53 bits per heavy atom. The number of ether oxygens (including phenoxy) is 1. The van der Waals surface area contributed by atoms with Crippen molar-refractivity contribution in [1.29, 1.82) is 0 Å². The minimum absolute atomic E-state index is 0.645. The molecule has 0 heterocycles. The number of hydrogen-bond donors (Lipinski definition) is 1. The van der Waals surface area contributed by atoms with Crippen molar-refractivity contribution in [2.24, 2.45) is 0 Å². The number of nitrogens with zero attached hydrogens (tertiary/aromatic N) is 1. The van der Waals surface area contributed by atoms with Gasteiger partial charge in [-0.25, -0.2) is 0 Å². The minimum atomic E-state index is 0.645. The lowest BCUT2D eigenvalue weighted by atomic mass is 10.2. The average Bonchev–Trinajstić information content (AvgIpc) is 2.30. The first-order valence-corrected chi connectivity index (χ1v) is 6.24. The van der Waals surface area contributed by atoms with E-state index in [2.05, 4.69) is 24.3 Å². The molecule has 0 amide bonds. The summed E-state index contributed by atoms with van der Waals surface area (Å²) in [5.41, 5.74) is 1.16. The Morgan fingerprint density at radius 2 is 1.88 bits per heavy atom. The van der Waals surface area contributed by atoms with E-state index >= 15 is 0 Å². The first-order chi connectivity index (χ1) is 8.18. The summed E-state index contributed by atoms with van der Waals surface area (Å²) >= 11 is 5.80. The van der Waals surface area contributed by atoms with Crippen molar-refractivity contribution in [2.45, 2.75) is 6.61 Å². The van der Waals surface area contributed by atoms with Crippen molar-refractivity contribution in [3.05, 3.63) is 34.9 Å². The third kappa shape index (κ3) is 7.34. The minimum Gasteiger partial charge on any atom is -0.375 e. The molecule has 1 rings (SSSR count). The van der Waals surface area contributed by atoms with E-state index in [9.17, 15) is 0 Å². The highest BCUT2D eigenvalue weighted by molar-refractivity contribution is 6.30. The summed E-state index contributed by atoms with van der Waals surface area (Å²) in [6, 6.07) is 7.74. The van der Waals surface area contributed by atoms with Crippen LogP contribution in [0.3, 0.4) is 0 Å². The standard InChI is InChI=1S/C13H21ClN2O/c1-16(2)9-7-15-8-10-17-11-12-3-5-13(14)6-4-12/h3-6,15H,7-11H2,1-2H3. The molecule has 3 nitrogen and oxygen atoms in total. The summed E-state index contributed by atoms with van der Waals surface area (Å²) in [5.74, 6) is 0. The highest BCUT2D eigenvalue weighted by Crippen LogP contribution is 2.09. The van der Waals surface area contributed by atoms with Crippen LogP contribution >= 0.6 is 11.6 Å². The Morgan fingerprint density at radius 1 is 1.18 bits per heavy atom. The van der Waals surface area contributed by atoms with Crippen LogP contribution in [-0.4, -0.2) is 45.2 Å². The van der Waals surface area contributed by atoms with Crippen LogP contribution in [0, 0.1) is 0 Å². The van der Waals surface area contributed by atoms with Gasteiger partial charge in [-0.15, -0.1) is 0 Å². The summed E-state index contributed by atoms with van der Waals surface area (Å²) in [4.78, 5) is 2.15. The summed E-state index contributed by atoms with van der Waals surface area (Å²) in [6.45, 7) is 4.32. The second-order valence-corrected chi connectivity index (χ2v) is 4.67. The highest BCUT2D eigenvalue weighted by Gasteiger charge is 1.94. The van der Waals surface area contributed by atoms with E-state index in [-0.39, 0.29) is 0 Å². The van der Waals surface area contributed by atoms with Crippen molar-refractivity contribution in [1.82, 2.24) is 10.2 Å². The van der Waals surface area contributed by atoms with Gasteiger partial charge in [0, 0.05) is 24.7 Å². The number of rotatable bonds is 8. The Balaban J connectivity index is 1.99. The zero-order valence-electron chi connectivity index (χ0n) is 10.6. The van der Waals surface area contributed by atoms with Crippen LogP contribution in [0.4, 0.5) is 0 Å². The molecular formula is C13H21ClN2O. The second-order valence-electron chi connectivity index (χ2n) is 4.23. The fraction of sp³-hybridized carbons (Fsp3) is 0.538. The van der Waals surface area contributed by atoms with Crippen LogP contribution in [0.25, 0.3) is 0 Å². The lowest BCUT2D eigenvalue weighted by Crippen LogP contribution is -2.28. The van der Waals surface area contributed by atoms with E-state index in [4.69, 9.17) is 16.3 Å². The Hall–Kier alpha value is -0.610. The van der Waals surface area contributed by atoms with Gasteiger partial charge in [0.15, 0.2) is 0 Å². The van der Waals surface area contributed by atoms with Crippen LogP contribution in [0.1, 0.15) is 5.56 Å². The summed E-state index contributed by atoms with van der Waals surface area (Å²) in [5, 5.41) is 4.09. The van der Waals surface area contributed by atoms with Gasteiger partial charge < -0.3 is 15.0 Å². The van der Waals surface area contributed by atoms with Crippen molar-refractivity contribution < 1.29 is 4.74 Å². The zero-order chi connectivity index (χ0) is 12.5. The van der Waals surface area contributed by atoms with Gasteiger partial charge in [-0.2, -0.15) is 0 Å². The largest absolute Gasteiger partial charge is 0.375 e. The predicted molar refractivity (Wildman–Crippen MR) is 72.5 cm³/mol. The quantitative estimate of drug-likeness (QED) is 0.720. The highest BCUT2D eigenvalue weighted by atomic mass is 35.5. The maximum atomic E-state index is 5.80. The molecule has 1 aromatic carbocycles. The number of likely N-dealkylation sites (N-methyl/N-ethyl adjacent to an activating group) is 1. The third-order valence-electron chi connectivity index (χ3n) is 2.34. The maximum absolute atomic E-state index is 5.80. The molecule has 0 aromatic heterocycles. The molecule has 0 fully saturated rings. The van der Waals surface area contributed by atoms with Crippen molar-refractivity contribution >= 4 is 11.6 Å². The Bertz CT molecular complexity index is 301. The Labute approximate surface area is 109 Å². The molecule has 17 heavy (non-hydrogen) atoms. The number of benzene rings is 1. The second kappa shape index (κ2) is 8.48. The van der Waals surface area contributed by atoms with Crippen LogP contribution in [-0.2, 0) is 11.3 Å². The van der Waals surface area contributed by atoms with E-state index < -0.39 is 0 Å². The van der Waals surface area contributed by atoms with Gasteiger partial charge in [0.25, 0.3) is 0 Å². The number of halogens is 1. The van der Waals surface area contributed by atoms with Gasteiger partial charge >= 0.3 is 0 Å². The molecule has 96 valence electrons. The van der Waals surface area contributed by atoms with Crippen LogP contribution in [0.5, 0.6) is 0 Å². The maximum Gasteiger partial charge on any atom is 0.0717 e. The molecule has 0 atom stereocenters. The molecule has 0 aliphatic carbocycles. The SMILES string of the molecule is CN(C)CCNCCOCc1ccc(Cl)cc1. The molecule has 0 radical (unpaired) electrons. The van der Waals surface area contributed by atoms with Gasteiger partial charge in [-0.3, -0.25) is 0 Å². The topological polar surface area (TPSA) is 24.5 Å². The predicted octanol–water partition coefficient (Wildman–Crippen LogP) is 2.01. The van der Waals surface area contributed by atoms with Gasteiger partial charge in [0.05, 0.1) is 13.2 Å². The average molecular weight is 257 g/mol. The van der Waals surface area contributed by atoms with Crippen molar-refractivity contribution in [3.63, 3.8) is 0 Å². The molecule has 0 saturated carbocycles. The smallest absolute Gasteiger partial charge is 0.0717 e. The monoisotopic (exact) mass is 256 g/mol. The summed E-state index contributed by atoms with van der Waals surface area (Å²) in [6.07, 6.45) is 0. The van der Waals surface area contributed by atoms with E-state index in [1.165, 1.54) is 0 Å². The first kappa shape index (κ1) is 14.5. The van der Waals surface area contributed by atoms with Crippen LogP contribution in [0.2, 0.25) is 5.02 Å². The molecule has 0 aliphatic rings. The lowest BCUT2D eigenvalue weighted by Gasteiger charge is -2.10. The van der Waals surface area contributed by atoms with Crippen LogP contribution in [0.15, 0.2) is 24.3 Å². The van der Waals surface area contributed by atoms with E-state index in [0.717, 1.165) is 36.8 Å². The van der Waals surface area contributed by atoms with Gasteiger partial charge in [-0.05, 0) is 31.8 Å². The van der Waals surface area contributed by atoms with Crippen molar-refractivity contribution in [3.8, 4) is 0 Å². The molecule has 1 aromatic rings. The van der Waals surface area contributed by atoms with Crippen LogP contribution < -0.4 is 5.32 Å². The molecule has 0 spiro atoms.